The first-order valence-corrected chi connectivity index (χ1v) is 5.95. The lowest BCUT2D eigenvalue weighted by atomic mass is 10.2. The molecule has 0 radical (unpaired) electrons. The van der Waals surface area contributed by atoms with Crippen LogP contribution in [0, 0.1) is 0 Å². The molecule has 3 rings (SSSR count). The molecule has 0 bridgehead atoms. The van der Waals surface area contributed by atoms with E-state index in [-0.39, 0.29) is 18.5 Å². The maximum Gasteiger partial charge on any atom is 0.274 e. The van der Waals surface area contributed by atoms with Crippen molar-refractivity contribution < 1.29 is 4.74 Å². The van der Waals surface area contributed by atoms with Crippen molar-refractivity contribution in [3.63, 3.8) is 0 Å². The molecule has 0 spiro atoms. The maximum atomic E-state index is 6.03. The number of benzene rings is 1. The van der Waals surface area contributed by atoms with Gasteiger partial charge in [0.05, 0.1) is 9.72 Å². The van der Waals surface area contributed by atoms with Crippen molar-refractivity contribution in [1.29, 1.82) is 0 Å². The second-order valence-electron chi connectivity index (χ2n) is 3.46. The number of hydrogen-bond acceptors (Lipinski definition) is 4. The Bertz CT molecular complexity index is 499. The van der Waals surface area contributed by atoms with Crippen LogP contribution in [0.2, 0.25) is 5.02 Å². The lowest BCUT2D eigenvalue weighted by molar-refractivity contribution is 0.142. The molecule has 16 heavy (non-hydrogen) atoms. The number of aromatic nitrogens is 1. The summed E-state index contributed by atoms with van der Waals surface area (Å²) in [5, 5.41) is 4.55. The smallest absolute Gasteiger partial charge is 0.274 e. The average Bonchev–Trinajstić information content (AvgIpc) is 2.56. The van der Waals surface area contributed by atoms with Crippen LogP contribution >= 0.6 is 35.3 Å². The Morgan fingerprint density at radius 1 is 1.44 bits per heavy atom. The molecule has 0 saturated carbocycles. The van der Waals surface area contributed by atoms with E-state index in [0.717, 1.165) is 23.3 Å². The molecule has 1 aliphatic heterocycles. The van der Waals surface area contributed by atoms with E-state index in [1.54, 1.807) is 11.3 Å². The third-order valence-electron chi connectivity index (χ3n) is 2.36. The number of nitrogens with zero attached hydrogens (tertiary/aromatic N) is 1. The first-order chi connectivity index (χ1) is 7.33. The van der Waals surface area contributed by atoms with Crippen molar-refractivity contribution in [2.24, 2.45) is 0 Å². The van der Waals surface area contributed by atoms with Crippen LogP contribution in [0.5, 0.6) is 5.19 Å². The lowest BCUT2D eigenvalue weighted by Crippen LogP contribution is -2.50. The van der Waals surface area contributed by atoms with E-state index >= 15 is 0 Å². The van der Waals surface area contributed by atoms with Crippen LogP contribution in [-0.2, 0) is 0 Å². The third kappa shape index (κ3) is 2.11. The minimum absolute atomic E-state index is 0. The van der Waals surface area contributed by atoms with Crippen LogP contribution in [0.3, 0.4) is 0 Å². The van der Waals surface area contributed by atoms with Gasteiger partial charge in [0, 0.05) is 13.1 Å². The summed E-state index contributed by atoms with van der Waals surface area (Å²) in [4.78, 5) is 4.37. The standard InChI is InChI=1S/C10H9ClN2OS.ClH/c11-7-2-1-3-8-9(7)13-10(15-8)14-6-4-12-5-6;/h1-3,6,12H,4-5H2;1H. The van der Waals surface area contributed by atoms with Gasteiger partial charge in [-0.2, -0.15) is 0 Å². The average molecular weight is 277 g/mol. The highest BCUT2D eigenvalue weighted by Crippen LogP contribution is 2.32. The predicted molar refractivity (Wildman–Crippen MR) is 69.2 cm³/mol. The first kappa shape index (κ1) is 11.9. The second-order valence-corrected chi connectivity index (χ2v) is 4.86. The molecule has 2 aromatic rings. The molecule has 1 fully saturated rings. The quantitative estimate of drug-likeness (QED) is 0.916. The summed E-state index contributed by atoms with van der Waals surface area (Å²) in [5.74, 6) is 0. The second kappa shape index (κ2) is 4.75. The number of hydrogen-bond donors (Lipinski definition) is 1. The van der Waals surface area contributed by atoms with E-state index in [2.05, 4.69) is 10.3 Å². The minimum Gasteiger partial charge on any atom is -0.464 e. The number of halogens is 2. The molecule has 2 heterocycles. The number of nitrogens with one attached hydrogen (secondary N) is 1. The van der Waals surface area contributed by atoms with E-state index in [4.69, 9.17) is 16.3 Å². The van der Waals surface area contributed by atoms with Gasteiger partial charge in [-0.05, 0) is 12.1 Å². The van der Waals surface area contributed by atoms with Gasteiger partial charge >= 0.3 is 0 Å². The van der Waals surface area contributed by atoms with Gasteiger partial charge in [-0.25, -0.2) is 4.98 Å². The number of ether oxygens (including phenoxy) is 1. The maximum absolute atomic E-state index is 6.03. The van der Waals surface area contributed by atoms with E-state index in [0.29, 0.717) is 10.2 Å². The van der Waals surface area contributed by atoms with Gasteiger partial charge < -0.3 is 10.1 Å². The summed E-state index contributed by atoms with van der Waals surface area (Å²) in [6, 6.07) is 5.78. The van der Waals surface area contributed by atoms with Crippen molar-refractivity contribution in [2.45, 2.75) is 6.10 Å². The molecule has 0 atom stereocenters. The Morgan fingerprint density at radius 3 is 2.88 bits per heavy atom. The molecule has 1 N–H and O–H groups in total. The Kier molecular flexibility index (Phi) is 3.54. The van der Waals surface area contributed by atoms with E-state index in [1.807, 2.05) is 18.2 Å². The fourth-order valence-electron chi connectivity index (χ4n) is 1.43. The summed E-state index contributed by atoms with van der Waals surface area (Å²) in [5.41, 5.74) is 0.839. The normalized spacial score (nSPS) is 15.6. The third-order valence-corrected chi connectivity index (χ3v) is 3.58. The van der Waals surface area contributed by atoms with Crippen LogP contribution in [0.15, 0.2) is 18.2 Å². The van der Waals surface area contributed by atoms with Gasteiger partial charge in [-0.1, -0.05) is 29.0 Å². The highest BCUT2D eigenvalue weighted by atomic mass is 35.5. The number of para-hydroxylation sites is 1. The molecule has 0 unspecified atom stereocenters. The van der Waals surface area contributed by atoms with Crippen LogP contribution in [-0.4, -0.2) is 24.2 Å². The van der Waals surface area contributed by atoms with Crippen LogP contribution in [0.1, 0.15) is 0 Å². The Balaban J connectivity index is 0.000000963. The van der Waals surface area contributed by atoms with Crippen molar-refractivity contribution in [3.05, 3.63) is 23.2 Å². The van der Waals surface area contributed by atoms with Crippen LogP contribution in [0.4, 0.5) is 0 Å². The minimum atomic E-state index is 0. The molecule has 1 aromatic carbocycles. The van der Waals surface area contributed by atoms with Gasteiger partial charge in [0.1, 0.15) is 11.6 Å². The molecule has 86 valence electrons. The predicted octanol–water partition coefficient (Wildman–Crippen LogP) is 2.72. The lowest BCUT2D eigenvalue weighted by Gasteiger charge is -2.26. The largest absolute Gasteiger partial charge is 0.464 e. The van der Waals surface area contributed by atoms with Gasteiger partial charge in [0.15, 0.2) is 0 Å². The molecular formula is C10H10Cl2N2OS. The van der Waals surface area contributed by atoms with Gasteiger partial charge in [0.2, 0.25) is 0 Å². The van der Waals surface area contributed by atoms with Gasteiger partial charge in [-0.15, -0.1) is 12.4 Å². The Hall–Kier alpha value is -0.550. The summed E-state index contributed by atoms with van der Waals surface area (Å²) in [7, 11) is 0. The zero-order valence-corrected chi connectivity index (χ0v) is 10.7. The number of fused-ring (bicyclic) bond motifs is 1. The van der Waals surface area contributed by atoms with Gasteiger partial charge in [0.25, 0.3) is 5.19 Å². The van der Waals surface area contributed by atoms with E-state index in [1.165, 1.54) is 0 Å². The molecule has 1 saturated heterocycles. The van der Waals surface area contributed by atoms with Crippen LogP contribution < -0.4 is 10.1 Å². The summed E-state index contributed by atoms with van der Waals surface area (Å²) >= 11 is 7.57. The van der Waals surface area contributed by atoms with Crippen molar-refractivity contribution >= 4 is 45.6 Å². The fraction of sp³-hybridized carbons (Fsp3) is 0.300. The zero-order chi connectivity index (χ0) is 10.3. The Morgan fingerprint density at radius 2 is 2.25 bits per heavy atom. The first-order valence-electron chi connectivity index (χ1n) is 4.75. The van der Waals surface area contributed by atoms with Crippen molar-refractivity contribution in [1.82, 2.24) is 10.3 Å². The number of rotatable bonds is 2. The summed E-state index contributed by atoms with van der Waals surface area (Å²) < 4.78 is 6.75. The van der Waals surface area contributed by atoms with Crippen molar-refractivity contribution in [3.8, 4) is 5.19 Å². The highest BCUT2D eigenvalue weighted by Gasteiger charge is 2.20. The molecular weight excluding hydrogens is 267 g/mol. The van der Waals surface area contributed by atoms with E-state index in [9.17, 15) is 0 Å². The molecule has 0 aliphatic carbocycles. The summed E-state index contributed by atoms with van der Waals surface area (Å²) in [6.45, 7) is 1.81. The summed E-state index contributed by atoms with van der Waals surface area (Å²) in [6.07, 6.45) is 0.268. The molecule has 1 aliphatic rings. The zero-order valence-electron chi connectivity index (χ0n) is 8.27. The fourth-order valence-corrected chi connectivity index (χ4v) is 2.61. The molecule has 0 amide bonds. The monoisotopic (exact) mass is 276 g/mol. The highest BCUT2D eigenvalue weighted by molar-refractivity contribution is 7.20. The molecule has 3 nitrogen and oxygen atoms in total. The van der Waals surface area contributed by atoms with Crippen LogP contribution in [0.25, 0.3) is 10.2 Å². The molecule has 1 aromatic heterocycles. The van der Waals surface area contributed by atoms with E-state index < -0.39 is 0 Å². The molecule has 6 heteroatoms. The SMILES string of the molecule is Cl.Clc1cccc2sc(OC3CNC3)nc12. The number of thiazole rings is 1. The van der Waals surface area contributed by atoms with Gasteiger partial charge in [-0.3, -0.25) is 0 Å². The topological polar surface area (TPSA) is 34.1 Å². The van der Waals surface area contributed by atoms with Crippen molar-refractivity contribution in [2.75, 3.05) is 13.1 Å². The Labute approximate surface area is 108 Å².